The molecule has 0 N–H and O–H groups in total. The lowest BCUT2D eigenvalue weighted by Gasteiger charge is -2.35. The van der Waals surface area contributed by atoms with Crippen molar-refractivity contribution in [2.75, 3.05) is 4.90 Å². The van der Waals surface area contributed by atoms with Crippen LogP contribution in [0.15, 0.2) is 47.1 Å². The van der Waals surface area contributed by atoms with E-state index in [4.69, 9.17) is 4.74 Å². The van der Waals surface area contributed by atoms with E-state index in [1.807, 2.05) is 41.3 Å². The first-order valence-corrected chi connectivity index (χ1v) is 9.34. The average Bonchev–Trinajstić information content (AvgIpc) is 2.63. The zero-order valence-electron chi connectivity index (χ0n) is 14.6. The molecule has 1 aliphatic rings. The molecule has 26 heavy (non-hydrogen) atoms. The second-order valence-electron chi connectivity index (χ2n) is 6.46. The zero-order chi connectivity index (χ0) is 18.3. The summed E-state index contributed by atoms with van der Waals surface area (Å²) in [5.74, 6) is 0.713. The minimum absolute atomic E-state index is 0.0358. The van der Waals surface area contributed by atoms with Crippen molar-refractivity contribution >= 4 is 38.4 Å². The number of hydrogen-bond acceptors (Lipinski definition) is 4. The Kier molecular flexibility index (Phi) is 4.36. The molecule has 0 fully saturated rings. The van der Waals surface area contributed by atoms with Crippen molar-refractivity contribution in [2.45, 2.75) is 32.7 Å². The smallest absolute Gasteiger partial charge is 0.322 e. The normalized spacial score (nSPS) is 16.4. The van der Waals surface area contributed by atoms with E-state index in [-0.39, 0.29) is 11.9 Å². The van der Waals surface area contributed by atoms with Gasteiger partial charge in [-0.15, -0.1) is 0 Å². The van der Waals surface area contributed by atoms with Crippen LogP contribution < -0.4 is 9.64 Å². The molecule has 3 aromatic rings. The Balaban J connectivity index is 1.77. The summed E-state index contributed by atoms with van der Waals surface area (Å²) < 4.78 is 6.90. The van der Waals surface area contributed by atoms with Crippen molar-refractivity contribution in [3.05, 3.63) is 52.6 Å². The number of carbonyl (C=O) groups excluding carboxylic acids is 1. The van der Waals surface area contributed by atoms with E-state index in [1.165, 1.54) is 0 Å². The van der Waals surface area contributed by atoms with Gasteiger partial charge in [0.15, 0.2) is 5.75 Å². The topological polar surface area (TPSA) is 55.3 Å². The Bertz CT molecular complexity index is 1010. The Morgan fingerprint density at radius 2 is 2.08 bits per heavy atom. The Hall–Kier alpha value is -2.47. The third-order valence-corrected chi connectivity index (χ3v) is 5.32. The molecule has 0 radical (unpaired) electrons. The Morgan fingerprint density at radius 1 is 1.27 bits per heavy atom. The lowest BCUT2D eigenvalue weighted by Crippen LogP contribution is -2.40. The number of ether oxygens (including phenoxy) is 1. The van der Waals surface area contributed by atoms with E-state index >= 15 is 0 Å². The fourth-order valence-corrected chi connectivity index (χ4v) is 3.91. The largest absolute Gasteiger partial charge is 0.423 e. The van der Waals surface area contributed by atoms with Gasteiger partial charge in [0.2, 0.25) is 5.91 Å². The predicted molar refractivity (Wildman–Crippen MR) is 105 cm³/mol. The summed E-state index contributed by atoms with van der Waals surface area (Å²) in [6.07, 6.45) is 3.48. The quantitative estimate of drug-likeness (QED) is 0.603. The summed E-state index contributed by atoms with van der Waals surface area (Å²) in [5.41, 5.74) is 2.73. The highest BCUT2D eigenvalue weighted by Gasteiger charge is 2.29. The van der Waals surface area contributed by atoms with Gasteiger partial charge < -0.3 is 9.64 Å². The Morgan fingerprint density at radius 3 is 2.88 bits per heavy atom. The molecular formula is C20H18BrN3O2. The van der Waals surface area contributed by atoms with E-state index in [9.17, 15) is 4.79 Å². The Labute approximate surface area is 160 Å². The van der Waals surface area contributed by atoms with Crippen molar-refractivity contribution in [3.8, 4) is 11.8 Å². The molecule has 6 heteroatoms. The fourth-order valence-electron chi connectivity index (χ4n) is 3.46. The summed E-state index contributed by atoms with van der Waals surface area (Å²) >= 11 is 3.57. The minimum atomic E-state index is 0.0358. The van der Waals surface area contributed by atoms with Crippen LogP contribution in [0.3, 0.4) is 0 Å². The highest BCUT2D eigenvalue weighted by molar-refractivity contribution is 9.10. The number of carbonyl (C=O) groups is 1. The second kappa shape index (κ2) is 6.68. The summed E-state index contributed by atoms with van der Waals surface area (Å²) in [7, 11) is 0. The van der Waals surface area contributed by atoms with Crippen molar-refractivity contribution in [3.63, 3.8) is 0 Å². The van der Waals surface area contributed by atoms with Gasteiger partial charge in [0.1, 0.15) is 0 Å². The van der Waals surface area contributed by atoms with E-state index < -0.39 is 0 Å². The first kappa shape index (κ1) is 17.0. The van der Waals surface area contributed by atoms with Crippen LogP contribution in [-0.2, 0) is 11.2 Å². The average molecular weight is 412 g/mol. The molecule has 0 spiro atoms. The van der Waals surface area contributed by atoms with E-state index in [1.54, 1.807) is 13.1 Å². The molecule has 1 atom stereocenters. The predicted octanol–water partition coefficient (Wildman–Crippen LogP) is 4.87. The number of hydrogen-bond donors (Lipinski definition) is 0. The SMILES string of the molecule is CC(=O)N1c2ccc(Br)c(Oc3ncc4ccccc4n3)c2CCC1C. The lowest BCUT2D eigenvalue weighted by molar-refractivity contribution is -0.117. The molecule has 0 bridgehead atoms. The third-order valence-electron chi connectivity index (χ3n) is 4.70. The van der Waals surface area contributed by atoms with Crippen LogP contribution in [0.5, 0.6) is 11.8 Å². The van der Waals surface area contributed by atoms with Gasteiger partial charge in [-0.1, -0.05) is 18.2 Å². The van der Waals surface area contributed by atoms with Gasteiger partial charge in [0.05, 0.1) is 15.7 Å². The summed E-state index contributed by atoms with van der Waals surface area (Å²) in [5, 5.41) is 0.964. The van der Waals surface area contributed by atoms with Gasteiger partial charge in [-0.05, 0) is 53.9 Å². The van der Waals surface area contributed by atoms with Gasteiger partial charge >= 0.3 is 6.01 Å². The molecule has 132 valence electrons. The minimum Gasteiger partial charge on any atom is -0.423 e. The van der Waals surface area contributed by atoms with Gasteiger partial charge in [-0.2, -0.15) is 4.98 Å². The molecule has 5 nitrogen and oxygen atoms in total. The number of aromatic nitrogens is 2. The van der Waals surface area contributed by atoms with Gasteiger partial charge in [-0.3, -0.25) is 4.79 Å². The number of nitrogens with zero attached hydrogens (tertiary/aromatic N) is 3. The number of para-hydroxylation sites is 1. The maximum absolute atomic E-state index is 12.1. The van der Waals surface area contributed by atoms with E-state index in [0.717, 1.165) is 39.5 Å². The molecule has 1 aliphatic heterocycles. The molecule has 1 unspecified atom stereocenters. The molecule has 2 heterocycles. The van der Waals surface area contributed by atoms with Crippen LogP contribution in [-0.4, -0.2) is 21.9 Å². The number of rotatable bonds is 2. The third kappa shape index (κ3) is 2.94. The van der Waals surface area contributed by atoms with Crippen molar-refractivity contribution in [1.29, 1.82) is 0 Å². The van der Waals surface area contributed by atoms with Crippen LogP contribution in [0.2, 0.25) is 0 Å². The highest BCUT2D eigenvalue weighted by Crippen LogP contribution is 2.42. The number of halogens is 1. The van der Waals surface area contributed by atoms with Crippen LogP contribution in [0.25, 0.3) is 10.9 Å². The number of amides is 1. The molecule has 0 aliphatic carbocycles. The number of fused-ring (bicyclic) bond motifs is 2. The molecule has 1 amide bonds. The molecule has 4 rings (SSSR count). The standard InChI is InChI=1S/C20H18BrN3O2/c1-12-7-8-15-18(24(12)13(2)25)10-9-16(21)19(15)26-20-22-11-14-5-3-4-6-17(14)23-20/h3-6,9-12H,7-8H2,1-2H3. The number of benzene rings is 2. The van der Waals surface area contributed by atoms with Crippen molar-refractivity contribution in [1.82, 2.24) is 9.97 Å². The van der Waals surface area contributed by atoms with Crippen LogP contribution >= 0.6 is 15.9 Å². The van der Waals surface area contributed by atoms with Gasteiger partial charge in [0, 0.05) is 30.1 Å². The number of anilines is 1. The monoisotopic (exact) mass is 411 g/mol. The molecule has 0 saturated carbocycles. The second-order valence-corrected chi connectivity index (χ2v) is 7.32. The van der Waals surface area contributed by atoms with Gasteiger partial charge in [0.25, 0.3) is 0 Å². The van der Waals surface area contributed by atoms with Crippen molar-refractivity contribution < 1.29 is 9.53 Å². The summed E-state index contributed by atoms with van der Waals surface area (Å²) in [6, 6.07) is 12.1. The first-order chi connectivity index (χ1) is 12.5. The van der Waals surface area contributed by atoms with E-state index in [2.05, 4.69) is 32.8 Å². The molecule has 0 saturated heterocycles. The zero-order valence-corrected chi connectivity index (χ0v) is 16.2. The lowest BCUT2D eigenvalue weighted by atomic mass is 9.95. The van der Waals surface area contributed by atoms with Crippen LogP contribution in [0.4, 0.5) is 5.69 Å². The van der Waals surface area contributed by atoms with Crippen LogP contribution in [0.1, 0.15) is 25.8 Å². The maximum atomic E-state index is 12.1. The molecule has 2 aromatic carbocycles. The first-order valence-electron chi connectivity index (χ1n) is 8.55. The summed E-state index contributed by atoms with van der Waals surface area (Å²) in [6.45, 7) is 3.67. The van der Waals surface area contributed by atoms with Crippen LogP contribution in [0, 0.1) is 0 Å². The molecule has 1 aromatic heterocycles. The highest BCUT2D eigenvalue weighted by atomic mass is 79.9. The fraction of sp³-hybridized carbons (Fsp3) is 0.250. The van der Waals surface area contributed by atoms with Gasteiger partial charge in [-0.25, -0.2) is 4.98 Å². The molecular weight excluding hydrogens is 394 g/mol. The van der Waals surface area contributed by atoms with E-state index in [0.29, 0.717) is 11.8 Å². The maximum Gasteiger partial charge on any atom is 0.322 e. The summed E-state index contributed by atoms with van der Waals surface area (Å²) in [4.78, 5) is 22.8. The van der Waals surface area contributed by atoms with Crippen molar-refractivity contribution in [2.24, 2.45) is 0 Å².